The van der Waals surface area contributed by atoms with Gasteiger partial charge in [0.1, 0.15) is 13.2 Å². The van der Waals surface area contributed by atoms with Gasteiger partial charge in [-0.25, -0.2) is 14.4 Å². The molecule has 37 heavy (non-hydrogen) atoms. The lowest BCUT2D eigenvalue weighted by Crippen LogP contribution is -2.19. The van der Waals surface area contributed by atoms with Crippen LogP contribution < -0.4 is 0 Å². The van der Waals surface area contributed by atoms with Crippen molar-refractivity contribution in [3.8, 4) is 0 Å². The molecule has 1 atom stereocenters. The number of nitrogens with zero attached hydrogens (tertiary/aromatic N) is 2. The molecular weight excluding hydrogens is 476 g/mol. The number of hydrogen-bond acceptors (Lipinski definition) is 7. The average molecular weight is 505 g/mol. The summed E-state index contributed by atoms with van der Waals surface area (Å²) in [5.74, 6) is -0.610. The first kappa shape index (κ1) is 27.2. The Morgan fingerprint density at radius 1 is 0.946 bits per heavy atom. The molecule has 1 aliphatic rings. The summed E-state index contributed by atoms with van der Waals surface area (Å²) >= 11 is 0. The third-order valence-electron chi connectivity index (χ3n) is 5.19. The van der Waals surface area contributed by atoms with Gasteiger partial charge in [0.05, 0.1) is 12.3 Å². The molecule has 0 aliphatic heterocycles. The van der Waals surface area contributed by atoms with Crippen LogP contribution in [0.25, 0.3) is 0 Å². The first-order valence-corrected chi connectivity index (χ1v) is 11.6. The Labute approximate surface area is 215 Å². The van der Waals surface area contributed by atoms with E-state index >= 15 is 0 Å². The van der Waals surface area contributed by atoms with Gasteiger partial charge in [-0.1, -0.05) is 73.3 Å². The predicted octanol–water partition coefficient (Wildman–Crippen LogP) is 5.53. The lowest BCUT2D eigenvalue weighted by Gasteiger charge is -2.19. The second kappa shape index (κ2) is 14.3. The van der Waals surface area contributed by atoms with Gasteiger partial charge in [0.25, 0.3) is 0 Å². The fourth-order valence-electron chi connectivity index (χ4n) is 3.28. The van der Waals surface area contributed by atoms with E-state index in [2.05, 4.69) is 16.6 Å². The maximum atomic E-state index is 12.7. The average Bonchev–Trinajstić information content (AvgIpc) is 2.91. The molecule has 2 aromatic carbocycles. The van der Waals surface area contributed by atoms with Crippen molar-refractivity contribution >= 4 is 29.6 Å². The van der Waals surface area contributed by atoms with E-state index in [4.69, 9.17) is 18.9 Å². The van der Waals surface area contributed by atoms with Crippen LogP contribution >= 0.6 is 0 Å². The van der Waals surface area contributed by atoms with Crippen LogP contribution in [0.2, 0.25) is 0 Å². The fourth-order valence-corrected chi connectivity index (χ4v) is 3.28. The van der Waals surface area contributed by atoms with Crippen molar-refractivity contribution in [2.75, 3.05) is 13.2 Å². The molecule has 0 aromatic heterocycles. The molecule has 0 spiro atoms. The molecule has 9 heteroatoms. The molecule has 0 saturated heterocycles. The normalized spacial score (nSPS) is 16.0. The zero-order valence-corrected chi connectivity index (χ0v) is 20.5. The standard InChI is InChI=1S/C28H28N2O7/c1-3-25(31)34-16-17-35-27(32)30-24-18-23(15-14-20(24)2)29-28(33)37-26(22-12-8-5-9-13-22)36-19-21-10-6-4-7-11-21/h3-14,26H,1,15-19H2,2H3. The molecule has 0 saturated carbocycles. The molecule has 9 nitrogen and oxygen atoms in total. The lowest BCUT2D eigenvalue weighted by molar-refractivity contribution is -0.138. The summed E-state index contributed by atoms with van der Waals surface area (Å²) in [7, 11) is 0. The van der Waals surface area contributed by atoms with Gasteiger partial charge in [0.15, 0.2) is 0 Å². The van der Waals surface area contributed by atoms with Crippen LogP contribution in [0.3, 0.4) is 0 Å². The molecule has 2 aromatic rings. The van der Waals surface area contributed by atoms with Crippen molar-refractivity contribution in [1.82, 2.24) is 0 Å². The minimum Gasteiger partial charge on any atom is -0.459 e. The maximum Gasteiger partial charge on any atom is 0.436 e. The number of aliphatic imine (C=N–C) groups is 2. The van der Waals surface area contributed by atoms with E-state index in [0.717, 1.165) is 17.2 Å². The van der Waals surface area contributed by atoms with Crippen molar-refractivity contribution < 1.29 is 33.3 Å². The Morgan fingerprint density at radius 2 is 1.62 bits per heavy atom. The van der Waals surface area contributed by atoms with Crippen LogP contribution in [0.1, 0.15) is 37.2 Å². The van der Waals surface area contributed by atoms with Gasteiger partial charge in [-0.3, -0.25) is 0 Å². The third-order valence-corrected chi connectivity index (χ3v) is 5.19. The van der Waals surface area contributed by atoms with Gasteiger partial charge in [-0.05, 0) is 18.1 Å². The summed E-state index contributed by atoms with van der Waals surface area (Å²) in [6.07, 6.45) is 0.829. The largest absolute Gasteiger partial charge is 0.459 e. The van der Waals surface area contributed by atoms with Gasteiger partial charge in [0.2, 0.25) is 6.29 Å². The van der Waals surface area contributed by atoms with Crippen LogP contribution in [0, 0.1) is 0 Å². The number of rotatable bonds is 9. The molecule has 1 unspecified atom stereocenters. The number of esters is 1. The van der Waals surface area contributed by atoms with Gasteiger partial charge < -0.3 is 18.9 Å². The van der Waals surface area contributed by atoms with E-state index in [0.29, 0.717) is 23.4 Å². The van der Waals surface area contributed by atoms with E-state index in [-0.39, 0.29) is 26.2 Å². The zero-order chi connectivity index (χ0) is 26.5. The minimum atomic E-state index is -0.947. The summed E-state index contributed by atoms with van der Waals surface area (Å²) < 4.78 is 21.1. The van der Waals surface area contributed by atoms with Gasteiger partial charge in [0, 0.05) is 30.2 Å². The minimum absolute atomic E-state index is 0.107. The zero-order valence-electron chi connectivity index (χ0n) is 20.5. The number of benzene rings is 2. The van der Waals surface area contributed by atoms with Crippen molar-refractivity contribution in [1.29, 1.82) is 0 Å². The molecule has 0 bridgehead atoms. The molecule has 0 radical (unpaired) electrons. The number of carbonyl (C=O) groups excluding carboxylic acids is 3. The maximum absolute atomic E-state index is 12.7. The Morgan fingerprint density at radius 3 is 2.32 bits per heavy atom. The summed E-state index contributed by atoms with van der Waals surface area (Å²) in [5.41, 5.74) is 3.29. The molecule has 0 fully saturated rings. The van der Waals surface area contributed by atoms with Crippen LogP contribution in [0.5, 0.6) is 0 Å². The molecule has 192 valence electrons. The number of ether oxygens (including phenoxy) is 4. The monoisotopic (exact) mass is 504 g/mol. The summed E-state index contributed by atoms with van der Waals surface area (Å²) in [4.78, 5) is 43.8. The van der Waals surface area contributed by atoms with E-state index in [1.54, 1.807) is 19.1 Å². The first-order valence-electron chi connectivity index (χ1n) is 11.6. The van der Waals surface area contributed by atoms with Crippen molar-refractivity contribution in [2.24, 2.45) is 9.98 Å². The van der Waals surface area contributed by atoms with Gasteiger partial charge >= 0.3 is 18.2 Å². The highest BCUT2D eigenvalue weighted by Gasteiger charge is 2.20. The number of allylic oxidation sites excluding steroid dienone is 2. The first-order chi connectivity index (χ1) is 17.9. The molecule has 2 amide bonds. The van der Waals surface area contributed by atoms with Crippen LogP contribution in [0.4, 0.5) is 9.59 Å². The topological polar surface area (TPSA) is 113 Å². The van der Waals surface area contributed by atoms with Gasteiger partial charge in [-0.2, -0.15) is 9.98 Å². The molecule has 3 rings (SSSR count). The second-order valence-corrected chi connectivity index (χ2v) is 7.91. The molecule has 0 N–H and O–H groups in total. The van der Waals surface area contributed by atoms with Crippen molar-refractivity contribution in [3.05, 3.63) is 96.1 Å². The Kier molecular flexibility index (Phi) is 10.5. The second-order valence-electron chi connectivity index (χ2n) is 7.91. The highest BCUT2D eigenvalue weighted by Crippen LogP contribution is 2.22. The number of hydrogen-bond donors (Lipinski definition) is 0. The highest BCUT2D eigenvalue weighted by atomic mass is 16.7. The fraction of sp³-hybridized carbons (Fsp3) is 0.250. The quantitative estimate of drug-likeness (QED) is 0.145. The van der Waals surface area contributed by atoms with Crippen molar-refractivity contribution in [3.63, 3.8) is 0 Å². The lowest BCUT2D eigenvalue weighted by atomic mass is 9.97. The Balaban J connectivity index is 1.61. The smallest absolute Gasteiger partial charge is 0.436 e. The van der Waals surface area contributed by atoms with E-state index in [9.17, 15) is 14.4 Å². The number of amides is 2. The SMILES string of the molecule is C=CC(=O)OCCOC(=O)N=C1CC(=NC(=O)OC(OCc2ccccc2)c2ccccc2)CC=C1C. The summed E-state index contributed by atoms with van der Waals surface area (Å²) in [6.45, 7) is 5.08. The molecule has 1 aliphatic carbocycles. The van der Waals surface area contributed by atoms with E-state index in [1.165, 1.54) is 0 Å². The van der Waals surface area contributed by atoms with Crippen LogP contribution in [0.15, 0.2) is 95.0 Å². The van der Waals surface area contributed by atoms with E-state index < -0.39 is 24.4 Å². The summed E-state index contributed by atoms with van der Waals surface area (Å²) in [6, 6.07) is 18.7. The summed E-state index contributed by atoms with van der Waals surface area (Å²) in [5, 5.41) is 0. The Bertz CT molecular complexity index is 1190. The van der Waals surface area contributed by atoms with Gasteiger partial charge in [-0.15, -0.1) is 0 Å². The predicted molar refractivity (Wildman–Crippen MR) is 137 cm³/mol. The van der Waals surface area contributed by atoms with Crippen LogP contribution in [-0.2, 0) is 30.3 Å². The molecular formula is C28H28N2O7. The Hall–Kier alpha value is -4.37. The number of carbonyl (C=O) groups is 3. The molecule has 0 heterocycles. The van der Waals surface area contributed by atoms with E-state index in [1.807, 2.05) is 54.6 Å². The third kappa shape index (κ3) is 9.30. The van der Waals surface area contributed by atoms with Crippen LogP contribution in [-0.4, -0.2) is 42.8 Å². The highest BCUT2D eigenvalue weighted by molar-refractivity contribution is 6.18. The van der Waals surface area contributed by atoms with Crippen molar-refractivity contribution in [2.45, 2.75) is 32.7 Å².